The maximum atomic E-state index is 10.9. The minimum atomic E-state index is -1.04. The molecule has 0 saturated carbocycles. The van der Waals surface area contributed by atoms with Crippen LogP contribution in [0.25, 0.3) is 0 Å². The third-order valence-electron chi connectivity index (χ3n) is 1.66. The molecule has 0 aliphatic rings. The second-order valence-electron chi connectivity index (χ2n) is 2.60. The molecule has 0 saturated heterocycles. The van der Waals surface area contributed by atoms with Crippen molar-refractivity contribution < 1.29 is 14.7 Å². The Kier molecular flexibility index (Phi) is 2.79. The van der Waals surface area contributed by atoms with Crippen molar-refractivity contribution in [3.63, 3.8) is 0 Å². The van der Waals surface area contributed by atoms with Gasteiger partial charge in [-0.3, -0.25) is 4.79 Å². The summed E-state index contributed by atoms with van der Waals surface area (Å²) in [6.45, 7) is 1.34. The van der Waals surface area contributed by atoms with Gasteiger partial charge in [0.05, 0.1) is 6.04 Å². The van der Waals surface area contributed by atoms with Crippen LogP contribution in [0, 0.1) is 0 Å². The van der Waals surface area contributed by atoms with Crippen LogP contribution in [0.4, 0.5) is 0 Å². The van der Waals surface area contributed by atoms with Crippen LogP contribution in [0.2, 0.25) is 0 Å². The molecule has 3 N–H and O–H groups in total. The summed E-state index contributed by atoms with van der Waals surface area (Å²) in [6.07, 6.45) is 0. The van der Waals surface area contributed by atoms with Gasteiger partial charge in [0.15, 0.2) is 5.78 Å². The van der Waals surface area contributed by atoms with Crippen molar-refractivity contribution in [2.45, 2.75) is 13.0 Å². The van der Waals surface area contributed by atoms with Crippen LogP contribution >= 0.6 is 11.3 Å². The molecule has 1 unspecified atom stereocenters. The van der Waals surface area contributed by atoms with Crippen molar-refractivity contribution in [3.8, 4) is 0 Å². The normalized spacial score (nSPS) is 12.5. The first kappa shape index (κ1) is 9.88. The molecule has 1 atom stereocenters. The molecule has 0 aromatic carbocycles. The monoisotopic (exact) mass is 199 g/mol. The van der Waals surface area contributed by atoms with Crippen LogP contribution in [0.1, 0.15) is 28.2 Å². The fourth-order valence-electron chi connectivity index (χ4n) is 0.957. The molecule has 0 spiro atoms. The first-order valence-electron chi connectivity index (χ1n) is 3.60. The number of thiophene rings is 1. The molecule has 1 heterocycles. The Morgan fingerprint density at radius 2 is 2.23 bits per heavy atom. The van der Waals surface area contributed by atoms with Crippen molar-refractivity contribution in [3.05, 3.63) is 21.9 Å². The fraction of sp³-hybridized carbons (Fsp3) is 0.250. The summed E-state index contributed by atoms with van der Waals surface area (Å²) in [5, 5.41) is 10.3. The quantitative estimate of drug-likeness (QED) is 0.762. The molecule has 0 fully saturated rings. The highest BCUT2D eigenvalue weighted by Crippen LogP contribution is 2.22. The molecule has 0 aliphatic carbocycles. The lowest BCUT2D eigenvalue weighted by Gasteiger charge is -2.05. The zero-order valence-corrected chi connectivity index (χ0v) is 7.80. The molecule has 0 bridgehead atoms. The van der Waals surface area contributed by atoms with Crippen LogP contribution in [0.15, 0.2) is 11.4 Å². The zero-order chi connectivity index (χ0) is 10.0. The standard InChI is InChI=1S/C8H9NO3S/c1-4(10)6(9)5-2-3-13-7(5)8(11)12/h2-3,6H,9H2,1H3,(H,11,12). The Balaban J connectivity index is 3.07. The maximum Gasteiger partial charge on any atom is 0.346 e. The third-order valence-corrected chi connectivity index (χ3v) is 2.58. The lowest BCUT2D eigenvalue weighted by atomic mass is 10.1. The molecule has 0 radical (unpaired) electrons. The number of ketones is 1. The van der Waals surface area contributed by atoms with Gasteiger partial charge in [0.2, 0.25) is 0 Å². The number of aromatic carboxylic acids is 1. The largest absolute Gasteiger partial charge is 0.477 e. The maximum absolute atomic E-state index is 10.9. The molecule has 5 heteroatoms. The van der Waals surface area contributed by atoms with Gasteiger partial charge in [0, 0.05) is 5.56 Å². The second kappa shape index (κ2) is 3.68. The third kappa shape index (κ3) is 1.93. The van der Waals surface area contributed by atoms with E-state index in [1.807, 2.05) is 0 Å². The number of carboxylic acids is 1. The van der Waals surface area contributed by atoms with E-state index in [0.29, 0.717) is 5.56 Å². The fourth-order valence-corrected chi connectivity index (χ4v) is 1.74. The van der Waals surface area contributed by atoms with E-state index >= 15 is 0 Å². The number of carbonyl (C=O) groups is 2. The second-order valence-corrected chi connectivity index (χ2v) is 3.51. The summed E-state index contributed by atoms with van der Waals surface area (Å²) in [5.41, 5.74) is 5.91. The van der Waals surface area contributed by atoms with Crippen molar-refractivity contribution in [1.82, 2.24) is 0 Å². The van der Waals surface area contributed by atoms with E-state index in [2.05, 4.69) is 0 Å². The van der Waals surface area contributed by atoms with E-state index in [0.717, 1.165) is 11.3 Å². The summed E-state index contributed by atoms with van der Waals surface area (Å²) in [5.74, 6) is -1.28. The Bertz CT molecular complexity index is 345. The topological polar surface area (TPSA) is 80.4 Å². The van der Waals surface area contributed by atoms with Crippen LogP contribution in [-0.4, -0.2) is 16.9 Å². The summed E-state index contributed by atoms with van der Waals surface area (Å²) >= 11 is 1.07. The predicted octanol–water partition coefficient (Wildman–Crippen LogP) is 1.04. The van der Waals surface area contributed by atoms with E-state index in [9.17, 15) is 9.59 Å². The molecule has 0 amide bonds. The van der Waals surface area contributed by atoms with Crippen LogP contribution in [0.5, 0.6) is 0 Å². The summed E-state index contributed by atoms with van der Waals surface area (Å²) in [4.78, 5) is 21.7. The van der Waals surface area contributed by atoms with Crippen LogP contribution in [0.3, 0.4) is 0 Å². The zero-order valence-electron chi connectivity index (χ0n) is 6.98. The van der Waals surface area contributed by atoms with E-state index in [1.165, 1.54) is 6.92 Å². The van der Waals surface area contributed by atoms with Crippen molar-refractivity contribution in [2.75, 3.05) is 0 Å². The van der Waals surface area contributed by atoms with Gasteiger partial charge in [0.25, 0.3) is 0 Å². The highest BCUT2D eigenvalue weighted by Gasteiger charge is 2.19. The van der Waals surface area contributed by atoms with Crippen molar-refractivity contribution >= 4 is 23.1 Å². The number of hydrogen-bond acceptors (Lipinski definition) is 4. The molecule has 1 aromatic rings. The Labute approximate surface area is 79.0 Å². The SMILES string of the molecule is CC(=O)C(N)c1ccsc1C(=O)O. The molecule has 1 rings (SSSR count). The average Bonchev–Trinajstić information content (AvgIpc) is 2.50. The van der Waals surface area contributed by atoms with Gasteiger partial charge in [-0.15, -0.1) is 11.3 Å². The van der Waals surface area contributed by atoms with Gasteiger partial charge in [0.1, 0.15) is 4.88 Å². The smallest absolute Gasteiger partial charge is 0.346 e. The highest BCUT2D eigenvalue weighted by atomic mass is 32.1. The summed E-state index contributed by atoms with van der Waals surface area (Å²) < 4.78 is 0. The number of rotatable bonds is 3. The number of carboxylic acid groups (broad SMARTS) is 1. The van der Waals surface area contributed by atoms with Crippen LogP contribution < -0.4 is 5.73 Å². The van der Waals surface area contributed by atoms with E-state index < -0.39 is 12.0 Å². The van der Waals surface area contributed by atoms with Crippen LogP contribution in [-0.2, 0) is 4.79 Å². The molecule has 1 aromatic heterocycles. The van der Waals surface area contributed by atoms with Gasteiger partial charge >= 0.3 is 5.97 Å². The number of carbonyl (C=O) groups excluding carboxylic acids is 1. The highest BCUT2D eigenvalue weighted by molar-refractivity contribution is 7.12. The van der Waals surface area contributed by atoms with Gasteiger partial charge in [-0.25, -0.2) is 4.79 Å². The average molecular weight is 199 g/mol. The summed E-state index contributed by atoms with van der Waals surface area (Å²) in [7, 11) is 0. The van der Waals surface area contributed by atoms with Gasteiger partial charge < -0.3 is 10.8 Å². The minimum Gasteiger partial charge on any atom is -0.477 e. The lowest BCUT2D eigenvalue weighted by molar-refractivity contribution is -0.118. The number of hydrogen-bond donors (Lipinski definition) is 2. The van der Waals surface area contributed by atoms with Crippen molar-refractivity contribution in [1.29, 1.82) is 0 Å². The number of nitrogens with two attached hydrogens (primary N) is 1. The molecular weight excluding hydrogens is 190 g/mol. The first-order valence-corrected chi connectivity index (χ1v) is 4.48. The Morgan fingerprint density at radius 1 is 1.62 bits per heavy atom. The lowest BCUT2D eigenvalue weighted by Crippen LogP contribution is -2.20. The van der Waals surface area contributed by atoms with Gasteiger partial charge in [-0.1, -0.05) is 0 Å². The Hall–Kier alpha value is -1.20. The Morgan fingerprint density at radius 3 is 2.69 bits per heavy atom. The first-order chi connectivity index (χ1) is 6.04. The summed E-state index contributed by atoms with van der Waals surface area (Å²) in [6, 6.07) is 0.748. The van der Waals surface area contributed by atoms with Gasteiger partial charge in [-0.2, -0.15) is 0 Å². The van der Waals surface area contributed by atoms with Crippen molar-refractivity contribution in [2.24, 2.45) is 5.73 Å². The molecule has 13 heavy (non-hydrogen) atoms. The molecular formula is C8H9NO3S. The molecule has 4 nitrogen and oxygen atoms in total. The number of Topliss-reactive ketones (excluding diaryl/α,β-unsaturated/α-hetero) is 1. The van der Waals surface area contributed by atoms with E-state index in [4.69, 9.17) is 10.8 Å². The van der Waals surface area contributed by atoms with E-state index in [-0.39, 0.29) is 10.7 Å². The predicted molar refractivity (Wildman–Crippen MR) is 48.9 cm³/mol. The molecule has 0 aliphatic heterocycles. The van der Waals surface area contributed by atoms with Gasteiger partial charge in [-0.05, 0) is 18.4 Å². The van der Waals surface area contributed by atoms with E-state index in [1.54, 1.807) is 11.4 Å². The molecule has 70 valence electrons. The minimum absolute atomic E-state index is 0.141.